The van der Waals surface area contributed by atoms with Gasteiger partial charge in [-0.1, -0.05) is 11.6 Å². The van der Waals surface area contributed by atoms with Gasteiger partial charge in [0.2, 0.25) is 0 Å². The first-order valence-corrected chi connectivity index (χ1v) is 6.36. The summed E-state index contributed by atoms with van der Waals surface area (Å²) < 4.78 is 12.7. The lowest BCUT2D eigenvalue weighted by atomic mass is 10.4. The average Bonchev–Trinajstić information content (AvgIpc) is 2.38. The van der Waals surface area contributed by atoms with Crippen molar-refractivity contribution in [2.45, 2.75) is 0 Å². The molecular formula is C10H16ClN3O2S2. The summed E-state index contributed by atoms with van der Waals surface area (Å²) in [5.74, 6) is 0. The van der Waals surface area contributed by atoms with Crippen molar-refractivity contribution in [2.75, 3.05) is 37.7 Å². The van der Waals surface area contributed by atoms with Gasteiger partial charge in [0.05, 0.1) is 25.1 Å². The van der Waals surface area contributed by atoms with Crippen LogP contribution < -0.4 is 4.31 Å². The minimum absolute atomic E-state index is 0. The summed E-state index contributed by atoms with van der Waals surface area (Å²) in [6.07, 6.45) is 1.71. The summed E-state index contributed by atoms with van der Waals surface area (Å²) >= 11 is 6.99. The Morgan fingerprint density at radius 3 is 2.78 bits per heavy atom. The Morgan fingerprint density at radius 2 is 2.17 bits per heavy atom. The Balaban J connectivity index is 0.00000162. The molecule has 0 N–H and O–H groups in total. The van der Waals surface area contributed by atoms with Gasteiger partial charge in [-0.2, -0.15) is 18.6 Å². The molecule has 0 aliphatic carbocycles. The Morgan fingerprint density at radius 1 is 1.44 bits per heavy atom. The maximum Gasteiger partial charge on any atom is 0.135 e. The molecule has 8 heteroatoms. The summed E-state index contributed by atoms with van der Waals surface area (Å²) in [6.45, 7) is 3.01. The highest BCUT2D eigenvalue weighted by atomic mass is 35.5. The molecule has 0 atom stereocenters. The standard InChI is InChI=1S/C10H14ClN3O2S.H2S/c1-13(9-2-3-10(11)12-8-9)17-16-14-4-6-15-7-5-14;/h2-3,8H,4-7H2,1H3;1H2. The predicted molar refractivity (Wildman–Crippen MR) is 79.1 cm³/mol. The molecule has 102 valence electrons. The zero-order chi connectivity index (χ0) is 12.1. The molecule has 2 heterocycles. The quantitative estimate of drug-likeness (QED) is 0.482. The van der Waals surface area contributed by atoms with Gasteiger partial charge in [0.25, 0.3) is 0 Å². The number of pyridine rings is 1. The van der Waals surface area contributed by atoms with Crippen LogP contribution in [0.1, 0.15) is 0 Å². The summed E-state index contributed by atoms with van der Waals surface area (Å²) in [6, 6.07) is 3.65. The third-order valence-corrected chi connectivity index (χ3v) is 3.23. The van der Waals surface area contributed by atoms with E-state index in [1.807, 2.05) is 22.5 Å². The first-order valence-electron chi connectivity index (χ1n) is 5.28. The van der Waals surface area contributed by atoms with Crippen molar-refractivity contribution in [2.24, 2.45) is 0 Å². The number of hydrogen-bond donors (Lipinski definition) is 0. The number of hydrogen-bond acceptors (Lipinski definition) is 6. The second-order valence-corrected chi connectivity index (χ2v) is 4.76. The van der Waals surface area contributed by atoms with Gasteiger partial charge < -0.3 is 4.74 Å². The lowest BCUT2D eigenvalue weighted by Gasteiger charge is -2.26. The molecule has 0 radical (unpaired) electrons. The Labute approximate surface area is 123 Å². The Kier molecular flexibility index (Phi) is 7.13. The molecule has 0 saturated carbocycles. The normalized spacial score (nSPS) is 16.1. The molecule has 1 fully saturated rings. The molecule has 1 aliphatic rings. The van der Waals surface area contributed by atoms with Crippen LogP contribution in [0.4, 0.5) is 5.69 Å². The van der Waals surface area contributed by atoms with Crippen LogP contribution in [0, 0.1) is 0 Å². The number of nitrogens with zero attached hydrogens (tertiary/aromatic N) is 3. The fraction of sp³-hybridized carbons (Fsp3) is 0.500. The molecule has 0 spiro atoms. The van der Waals surface area contributed by atoms with Crippen molar-refractivity contribution in [1.29, 1.82) is 0 Å². The highest BCUT2D eigenvalue weighted by Gasteiger charge is 2.13. The highest BCUT2D eigenvalue weighted by molar-refractivity contribution is 7.96. The Bertz CT molecular complexity index is 349. The second kappa shape index (κ2) is 8.08. The van der Waals surface area contributed by atoms with Crippen molar-refractivity contribution in [1.82, 2.24) is 10.0 Å². The minimum Gasteiger partial charge on any atom is -0.379 e. The molecule has 0 unspecified atom stereocenters. The number of rotatable bonds is 4. The van der Waals surface area contributed by atoms with E-state index < -0.39 is 0 Å². The smallest absolute Gasteiger partial charge is 0.135 e. The summed E-state index contributed by atoms with van der Waals surface area (Å²) in [4.78, 5) is 4.02. The molecule has 0 aromatic carbocycles. The van der Waals surface area contributed by atoms with Crippen molar-refractivity contribution in [3.05, 3.63) is 23.5 Å². The van der Waals surface area contributed by atoms with Crippen LogP contribution in [0.5, 0.6) is 0 Å². The topological polar surface area (TPSA) is 37.8 Å². The number of morpholine rings is 1. The first kappa shape index (κ1) is 15.9. The van der Waals surface area contributed by atoms with E-state index in [0.29, 0.717) is 18.4 Å². The maximum absolute atomic E-state index is 5.73. The number of aromatic nitrogens is 1. The number of anilines is 1. The highest BCUT2D eigenvalue weighted by Crippen LogP contribution is 2.22. The largest absolute Gasteiger partial charge is 0.379 e. The van der Waals surface area contributed by atoms with Crippen LogP contribution in [0.15, 0.2) is 18.3 Å². The zero-order valence-electron chi connectivity index (χ0n) is 10.0. The van der Waals surface area contributed by atoms with Gasteiger partial charge in [0, 0.05) is 20.1 Å². The summed E-state index contributed by atoms with van der Waals surface area (Å²) in [5, 5.41) is 2.37. The second-order valence-electron chi connectivity index (χ2n) is 3.53. The Hall–Kier alpha value is -0.180. The van der Waals surface area contributed by atoms with Gasteiger partial charge in [-0.25, -0.2) is 9.27 Å². The van der Waals surface area contributed by atoms with Crippen molar-refractivity contribution < 1.29 is 9.02 Å². The van der Waals surface area contributed by atoms with Gasteiger partial charge in [-0.05, 0) is 12.1 Å². The van der Waals surface area contributed by atoms with E-state index in [2.05, 4.69) is 4.98 Å². The van der Waals surface area contributed by atoms with E-state index in [1.54, 1.807) is 12.3 Å². The molecule has 2 rings (SSSR count). The number of ether oxygens (including phenoxy) is 1. The summed E-state index contributed by atoms with van der Waals surface area (Å²) in [7, 11) is 1.91. The third-order valence-electron chi connectivity index (χ3n) is 2.30. The number of halogens is 1. The van der Waals surface area contributed by atoms with Crippen LogP contribution >= 0.6 is 37.3 Å². The van der Waals surface area contributed by atoms with Crippen LogP contribution in [-0.4, -0.2) is 43.4 Å². The van der Waals surface area contributed by atoms with E-state index in [1.165, 1.54) is 12.2 Å². The van der Waals surface area contributed by atoms with Gasteiger partial charge in [-0.3, -0.25) is 4.31 Å². The van der Waals surface area contributed by atoms with E-state index in [-0.39, 0.29) is 13.5 Å². The molecule has 5 nitrogen and oxygen atoms in total. The van der Waals surface area contributed by atoms with Gasteiger partial charge in [0.1, 0.15) is 17.4 Å². The van der Waals surface area contributed by atoms with Crippen LogP contribution in [-0.2, 0) is 9.02 Å². The van der Waals surface area contributed by atoms with Gasteiger partial charge in [0.15, 0.2) is 0 Å². The molecule has 1 aromatic heterocycles. The molecule has 18 heavy (non-hydrogen) atoms. The van der Waals surface area contributed by atoms with E-state index in [0.717, 1.165) is 18.8 Å². The van der Waals surface area contributed by atoms with E-state index >= 15 is 0 Å². The van der Waals surface area contributed by atoms with E-state index in [4.69, 9.17) is 20.6 Å². The van der Waals surface area contributed by atoms with Crippen LogP contribution in [0.3, 0.4) is 0 Å². The molecule has 0 amide bonds. The monoisotopic (exact) mass is 309 g/mol. The van der Waals surface area contributed by atoms with Crippen molar-refractivity contribution >= 4 is 43.0 Å². The fourth-order valence-corrected chi connectivity index (χ4v) is 1.96. The first-order chi connectivity index (χ1) is 8.25. The van der Waals surface area contributed by atoms with Crippen LogP contribution in [0.25, 0.3) is 0 Å². The SMILES string of the molecule is CN(SON1CCOCC1)c1ccc(Cl)nc1.S. The van der Waals surface area contributed by atoms with Crippen molar-refractivity contribution in [3.8, 4) is 0 Å². The zero-order valence-corrected chi connectivity index (χ0v) is 12.6. The number of hydroxylamine groups is 2. The molecular weight excluding hydrogens is 294 g/mol. The van der Waals surface area contributed by atoms with Crippen LogP contribution in [0.2, 0.25) is 5.15 Å². The maximum atomic E-state index is 5.73. The third kappa shape index (κ3) is 4.83. The molecule has 1 aliphatic heterocycles. The summed E-state index contributed by atoms with van der Waals surface area (Å²) in [5.41, 5.74) is 0.938. The minimum atomic E-state index is 0. The lowest BCUT2D eigenvalue weighted by Crippen LogP contribution is -2.35. The molecule has 0 bridgehead atoms. The van der Waals surface area contributed by atoms with Crippen molar-refractivity contribution in [3.63, 3.8) is 0 Å². The molecule has 1 aromatic rings. The molecule has 1 saturated heterocycles. The predicted octanol–water partition coefficient (Wildman–Crippen LogP) is 2.11. The van der Waals surface area contributed by atoms with Gasteiger partial charge in [-0.15, -0.1) is 0 Å². The van der Waals surface area contributed by atoms with E-state index in [9.17, 15) is 0 Å². The van der Waals surface area contributed by atoms with Gasteiger partial charge >= 0.3 is 0 Å². The average molecular weight is 310 g/mol. The lowest BCUT2D eigenvalue weighted by molar-refractivity contribution is -0.105. The fourth-order valence-electron chi connectivity index (χ4n) is 1.32.